The van der Waals surface area contributed by atoms with Crippen LogP contribution in [0.5, 0.6) is 11.5 Å². The summed E-state index contributed by atoms with van der Waals surface area (Å²) in [4.78, 5) is 0. The number of fused-ring (bicyclic) bond motifs is 9. The Morgan fingerprint density at radius 3 is 1.52 bits per heavy atom. The van der Waals surface area contributed by atoms with Crippen LogP contribution in [0.15, 0.2) is 200 Å². The average molecular weight is 722 g/mol. The number of rotatable bonds is 5. The average Bonchev–Trinajstić information content (AvgIpc) is 3.58. The summed E-state index contributed by atoms with van der Waals surface area (Å²) < 4.78 is 6.60. The lowest BCUT2D eigenvalue weighted by Crippen LogP contribution is -2.54. The molecule has 1 spiro atoms. The Morgan fingerprint density at radius 2 is 0.839 bits per heavy atom. The molecule has 11 rings (SSSR count). The van der Waals surface area contributed by atoms with Crippen molar-refractivity contribution in [3.63, 3.8) is 0 Å². The van der Waals surface area contributed by atoms with Gasteiger partial charge in [0.15, 0.2) is 0 Å². The van der Waals surface area contributed by atoms with Crippen LogP contribution >= 0.6 is 0 Å². The Balaban J connectivity index is 1.02. The van der Waals surface area contributed by atoms with E-state index in [1.165, 1.54) is 72.3 Å². The van der Waals surface area contributed by atoms with Crippen LogP contribution in [0.25, 0.3) is 33.4 Å². The van der Waals surface area contributed by atoms with Crippen molar-refractivity contribution in [3.8, 4) is 44.9 Å². The zero-order valence-electron chi connectivity index (χ0n) is 30.7. The van der Waals surface area contributed by atoms with Gasteiger partial charge in [-0.05, 0) is 79.4 Å². The molecular weight excluding hydrogens is 683 g/mol. The van der Waals surface area contributed by atoms with E-state index in [0.29, 0.717) is 0 Å². The van der Waals surface area contributed by atoms with Crippen molar-refractivity contribution in [3.05, 3.63) is 239 Å². The quantitative estimate of drug-likeness (QED) is 0.166. The van der Waals surface area contributed by atoms with Crippen LogP contribution in [-0.4, -0.2) is 0 Å². The molecule has 0 amide bonds. The monoisotopic (exact) mass is 721 g/mol. The maximum atomic E-state index is 6.60. The summed E-state index contributed by atoms with van der Waals surface area (Å²) in [5.74, 6) is 1.80. The molecule has 8 aromatic rings. The van der Waals surface area contributed by atoms with E-state index in [9.17, 15) is 0 Å². The topological polar surface area (TPSA) is 45.3 Å². The summed E-state index contributed by atoms with van der Waals surface area (Å²) in [5, 5.41) is 11.9. The van der Waals surface area contributed by atoms with Gasteiger partial charge >= 0.3 is 0 Å². The van der Waals surface area contributed by atoms with Crippen molar-refractivity contribution in [2.24, 2.45) is 0 Å². The van der Waals surface area contributed by atoms with Gasteiger partial charge in [0.2, 0.25) is 0 Å². The summed E-state index contributed by atoms with van der Waals surface area (Å²) in [6.45, 7) is 0. The summed E-state index contributed by atoms with van der Waals surface area (Å²) in [7, 11) is 0. The molecule has 4 nitrogen and oxygen atoms in total. The largest absolute Gasteiger partial charge is 0.457 e. The molecule has 2 heterocycles. The van der Waals surface area contributed by atoms with E-state index in [1.54, 1.807) is 0 Å². The van der Waals surface area contributed by atoms with E-state index in [-0.39, 0.29) is 18.5 Å². The van der Waals surface area contributed by atoms with E-state index < -0.39 is 5.41 Å². The molecule has 1 aliphatic carbocycles. The van der Waals surface area contributed by atoms with Gasteiger partial charge in [0.1, 0.15) is 11.5 Å². The predicted molar refractivity (Wildman–Crippen MR) is 225 cm³/mol. The highest BCUT2D eigenvalue weighted by Gasteiger charge is 2.52. The zero-order chi connectivity index (χ0) is 37.1. The third kappa shape index (κ3) is 5.19. The van der Waals surface area contributed by atoms with Crippen LogP contribution in [0.1, 0.15) is 57.4 Å². The lowest BCUT2D eigenvalue weighted by molar-refractivity contribution is 0.203. The summed E-state index contributed by atoms with van der Waals surface area (Å²) >= 11 is 0. The molecule has 0 aromatic heterocycles. The highest BCUT2D eigenvalue weighted by molar-refractivity contribution is 5.90. The van der Waals surface area contributed by atoms with Crippen molar-refractivity contribution < 1.29 is 4.74 Å². The highest BCUT2D eigenvalue weighted by atomic mass is 16.5. The molecule has 0 saturated carbocycles. The number of hydrogen-bond acceptors (Lipinski definition) is 4. The highest BCUT2D eigenvalue weighted by Crippen LogP contribution is 2.62. The molecule has 1 saturated heterocycles. The van der Waals surface area contributed by atoms with E-state index in [0.717, 1.165) is 11.5 Å². The molecule has 1 fully saturated rings. The second-order valence-corrected chi connectivity index (χ2v) is 14.9. The van der Waals surface area contributed by atoms with Crippen LogP contribution in [0, 0.1) is 0 Å². The molecule has 3 unspecified atom stereocenters. The Hall–Kier alpha value is -6.56. The van der Waals surface area contributed by atoms with Gasteiger partial charge in [0.25, 0.3) is 0 Å². The number of para-hydroxylation sites is 2. The van der Waals surface area contributed by atoms with Gasteiger partial charge in [-0.1, -0.05) is 182 Å². The summed E-state index contributed by atoms with van der Waals surface area (Å²) in [6, 6.07) is 72.0. The summed E-state index contributed by atoms with van der Waals surface area (Å²) in [6.07, 6.45) is -0.389. The molecule has 8 aromatic carbocycles. The van der Waals surface area contributed by atoms with Crippen molar-refractivity contribution in [2.75, 3.05) is 0 Å². The second-order valence-electron chi connectivity index (χ2n) is 14.9. The smallest absolute Gasteiger partial charge is 0.132 e. The molecule has 268 valence electrons. The van der Waals surface area contributed by atoms with Crippen LogP contribution in [-0.2, 0) is 5.41 Å². The first-order chi connectivity index (χ1) is 27.8. The molecule has 3 N–H and O–H groups in total. The number of hydrogen-bond donors (Lipinski definition) is 3. The zero-order valence-corrected chi connectivity index (χ0v) is 30.7. The lowest BCUT2D eigenvalue weighted by Gasteiger charge is -2.41. The number of ether oxygens (including phenoxy) is 1. The normalized spacial score (nSPS) is 18.6. The molecule has 0 bridgehead atoms. The molecule has 2 aliphatic heterocycles. The SMILES string of the molecule is c1ccc(-c2cccc(-c3ccc(C4NC(c5ccccc5)NC(c5cccc6c5-c5ccccc5C65c6ccccc6Oc6ccccc65)N4)cc3)c2)cc1. The second kappa shape index (κ2) is 13.3. The van der Waals surface area contributed by atoms with Crippen LogP contribution in [0.2, 0.25) is 0 Å². The van der Waals surface area contributed by atoms with E-state index >= 15 is 0 Å². The van der Waals surface area contributed by atoms with E-state index in [1.807, 2.05) is 0 Å². The Morgan fingerprint density at radius 1 is 0.357 bits per heavy atom. The van der Waals surface area contributed by atoms with Crippen molar-refractivity contribution in [2.45, 2.75) is 23.9 Å². The molecule has 3 aliphatic rings. The molecule has 0 radical (unpaired) electrons. The molecule has 3 atom stereocenters. The van der Waals surface area contributed by atoms with E-state index in [2.05, 4.69) is 216 Å². The maximum Gasteiger partial charge on any atom is 0.132 e. The van der Waals surface area contributed by atoms with Gasteiger partial charge in [-0.2, -0.15) is 0 Å². The molecule has 4 heteroatoms. The third-order valence-corrected chi connectivity index (χ3v) is 11.9. The fourth-order valence-corrected chi connectivity index (χ4v) is 9.40. The first-order valence-corrected chi connectivity index (χ1v) is 19.4. The Labute approximate surface area is 327 Å². The third-order valence-electron chi connectivity index (χ3n) is 11.9. The number of benzene rings is 8. The first kappa shape index (κ1) is 32.8. The van der Waals surface area contributed by atoms with Gasteiger partial charge in [0, 0.05) is 11.1 Å². The fraction of sp³-hybridized carbons (Fsp3) is 0.0769. The Bertz CT molecular complexity index is 2680. The first-order valence-electron chi connectivity index (χ1n) is 19.4. The molecular formula is C52H39N3O. The minimum absolute atomic E-state index is 0.0966. The molecule has 56 heavy (non-hydrogen) atoms. The maximum absolute atomic E-state index is 6.60. The van der Waals surface area contributed by atoms with Gasteiger partial charge in [0.05, 0.1) is 23.9 Å². The van der Waals surface area contributed by atoms with Gasteiger partial charge < -0.3 is 4.74 Å². The minimum atomic E-state index is -0.522. The summed E-state index contributed by atoms with van der Waals surface area (Å²) in [5.41, 5.74) is 15.3. The standard InChI is InChI=1S/C52H39N3O/c1-3-15-34(16-4-1)38-19-13-20-39(33-38)35-29-31-37(32-30-35)50-53-49(36-17-5-2-6-18-36)54-51(55-50)41-22-14-26-45-48(41)40-21-7-8-23-42(40)52(45)43-24-9-11-27-46(43)56-47-28-12-10-25-44(47)52/h1-33,49-51,53-55H. The van der Waals surface area contributed by atoms with Crippen molar-refractivity contribution in [1.29, 1.82) is 0 Å². The number of nitrogens with one attached hydrogen (secondary N) is 3. The van der Waals surface area contributed by atoms with Crippen molar-refractivity contribution >= 4 is 0 Å². The van der Waals surface area contributed by atoms with Crippen molar-refractivity contribution in [1.82, 2.24) is 16.0 Å². The van der Waals surface area contributed by atoms with Crippen LogP contribution in [0.4, 0.5) is 0 Å². The van der Waals surface area contributed by atoms with Crippen LogP contribution < -0.4 is 20.7 Å². The van der Waals surface area contributed by atoms with E-state index in [4.69, 9.17) is 4.74 Å². The van der Waals surface area contributed by atoms with Gasteiger partial charge in [-0.25, -0.2) is 0 Å². The fourth-order valence-electron chi connectivity index (χ4n) is 9.40. The lowest BCUT2D eigenvalue weighted by atomic mass is 9.66. The predicted octanol–water partition coefficient (Wildman–Crippen LogP) is 11.7. The Kier molecular flexibility index (Phi) is 7.81. The van der Waals surface area contributed by atoms with Gasteiger partial charge in [-0.3, -0.25) is 16.0 Å². The van der Waals surface area contributed by atoms with Crippen LogP contribution in [0.3, 0.4) is 0 Å². The van der Waals surface area contributed by atoms with Gasteiger partial charge in [-0.15, -0.1) is 0 Å². The minimum Gasteiger partial charge on any atom is -0.457 e.